The minimum atomic E-state index is -0.831. The number of carbonyl (C=O) groups excluding carboxylic acids is 1. The maximum atomic E-state index is 12.5. The van der Waals surface area contributed by atoms with Gasteiger partial charge in [0, 0.05) is 20.2 Å². The standard InChI is InChI=1S/C16H27NO4/c1-3-11-8-13(14(9-11)16(19)20)15(18)17(2)6-7-21-10-12-4-5-12/h11-14H,3-10H2,1-2H3,(H,19,20). The van der Waals surface area contributed by atoms with Gasteiger partial charge in [-0.05, 0) is 37.5 Å². The summed E-state index contributed by atoms with van der Waals surface area (Å²) in [6.45, 7) is 3.94. The molecule has 5 nitrogen and oxygen atoms in total. The molecule has 0 bridgehead atoms. The Hall–Kier alpha value is -1.10. The highest BCUT2D eigenvalue weighted by Gasteiger charge is 2.43. The number of nitrogens with zero attached hydrogens (tertiary/aromatic N) is 1. The maximum absolute atomic E-state index is 12.5. The second kappa shape index (κ2) is 7.25. The summed E-state index contributed by atoms with van der Waals surface area (Å²) in [5.41, 5.74) is 0. The van der Waals surface area contributed by atoms with E-state index < -0.39 is 11.9 Å². The van der Waals surface area contributed by atoms with E-state index in [9.17, 15) is 14.7 Å². The van der Waals surface area contributed by atoms with E-state index in [0.29, 0.717) is 31.9 Å². The maximum Gasteiger partial charge on any atom is 0.307 e. The summed E-state index contributed by atoms with van der Waals surface area (Å²) in [5, 5.41) is 9.31. The SMILES string of the molecule is CCC1CC(C(=O)O)C(C(=O)N(C)CCOCC2CC2)C1. The van der Waals surface area contributed by atoms with Gasteiger partial charge in [-0.15, -0.1) is 0 Å². The molecule has 0 aliphatic heterocycles. The van der Waals surface area contributed by atoms with Gasteiger partial charge in [0.05, 0.1) is 18.4 Å². The molecule has 0 radical (unpaired) electrons. The largest absolute Gasteiger partial charge is 0.481 e. The number of amides is 1. The molecule has 1 amide bonds. The lowest BCUT2D eigenvalue weighted by Gasteiger charge is -2.23. The summed E-state index contributed by atoms with van der Waals surface area (Å²) in [6, 6.07) is 0. The molecule has 0 aromatic carbocycles. The van der Waals surface area contributed by atoms with E-state index >= 15 is 0 Å². The van der Waals surface area contributed by atoms with Crippen LogP contribution in [-0.4, -0.2) is 48.7 Å². The third kappa shape index (κ3) is 4.43. The molecule has 2 aliphatic carbocycles. The zero-order valence-electron chi connectivity index (χ0n) is 13.1. The highest BCUT2D eigenvalue weighted by atomic mass is 16.5. The number of aliphatic carboxylic acids is 1. The molecule has 0 saturated heterocycles. The lowest BCUT2D eigenvalue weighted by Crippen LogP contribution is -2.38. The predicted molar refractivity (Wildman–Crippen MR) is 78.8 cm³/mol. The summed E-state index contributed by atoms with van der Waals surface area (Å²) in [4.78, 5) is 25.5. The van der Waals surface area contributed by atoms with Crippen molar-refractivity contribution < 1.29 is 19.4 Å². The van der Waals surface area contributed by atoms with E-state index in [-0.39, 0.29) is 11.8 Å². The van der Waals surface area contributed by atoms with Gasteiger partial charge in [0.1, 0.15) is 0 Å². The molecule has 3 unspecified atom stereocenters. The van der Waals surface area contributed by atoms with Gasteiger partial charge in [0.2, 0.25) is 5.91 Å². The first kappa shape index (κ1) is 16.3. The molecule has 0 aromatic heterocycles. The number of ether oxygens (including phenoxy) is 1. The van der Waals surface area contributed by atoms with Gasteiger partial charge in [-0.1, -0.05) is 13.3 Å². The number of rotatable bonds is 8. The van der Waals surface area contributed by atoms with Crippen LogP contribution in [0.3, 0.4) is 0 Å². The molecule has 0 aromatic rings. The topological polar surface area (TPSA) is 66.8 Å². The fourth-order valence-electron chi connectivity index (χ4n) is 3.15. The number of carbonyl (C=O) groups is 2. The van der Waals surface area contributed by atoms with E-state index in [1.807, 2.05) is 0 Å². The Morgan fingerprint density at radius 1 is 1.19 bits per heavy atom. The molecular formula is C16H27NO4. The van der Waals surface area contributed by atoms with Crippen LogP contribution in [0.1, 0.15) is 39.0 Å². The van der Waals surface area contributed by atoms with Crippen molar-refractivity contribution in [2.24, 2.45) is 23.7 Å². The third-order valence-corrected chi connectivity index (χ3v) is 4.87. The van der Waals surface area contributed by atoms with Crippen molar-refractivity contribution in [3.63, 3.8) is 0 Å². The Kier molecular flexibility index (Phi) is 5.62. The van der Waals surface area contributed by atoms with Gasteiger partial charge in [-0.3, -0.25) is 9.59 Å². The minimum absolute atomic E-state index is 0.0339. The van der Waals surface area contributed by atoms with Crippen LogP contribution >= 0.6 is 0 Å². The molecule has 2 fully saturated rings. The Morgan fingerprint density at radius 2 is 1.86 bits per heavy atom. The van der Waals surface area contributed by atoms with E-state index in [4.69, 9.17) is 4.74 Å². The first-order chi connectivity index (χ1) is 10.0. The molecule has 0 spiro atoms. The van der Waals surface area contributed by atoms with Crippen molar-refractivity contribution >= 4 is 11.9 Å². The van der Waals surface area contributed by atoms with Crippen molar-refractivity contribution in [2.75, 3.05) is 26.8 Å². The molecule has 3 atom stereocenters. The van der Waals surface area contributed by atoms with Crippen LogP contribution in [0.5, 0.6) is 0 Å². The van der Waals surface area contributed by atoms with Crippen molar-refractivity contribution in [3.8, 4) is 0 Å². The smallest absolute Gasteiger partial charge is 0.307 e. The van der Waals surface area contributed by atoms with Crippen LogP contribution in [0.15, 0.2) is 0 Å². The Labute approximate surface area is 126 Å². The fraction of sp³-hybridized carbons (Fsp3) is 0.875. The number of likely N-dealkylation sites (N-methyl/N-ethyl adjacent to an activating group) is 1. The molecule has 21 heavy (non-hydrogen) atoms. The van der Waals surface area contributed by atoms with Crippen molar-refractivity contribution in [1.29, 1.82) is 0 Å². The quantitative estimate of drug-likeness (QED) is 0.696. The lowest BCUT2D eigenvalue weighted by molar-refractivity contribution is -0.148. The van der Waals surface area contributed by atoms with Gasteiger partial charge in [-0.25, -0.2) is 0 Å². The van der Waals surface area contributed by atoms with Gasteiger partial charge >= 0.3 is 5.97 Å². The first-order valence-electron chi connectivity index (χ1n) is 8.08. The molecule has 2 rings (SSSR count). The van der Waals surface area contributed by atoms with E-state index in [2.05, 4.69) is 6.92 Å². The summed E-state index contributed by atoms with van der Waals surface area (Å²) in [7, 11) is 1.75. The zero-order chi connectivity index (χ0) is 15.4. The first-order valence-corrected chi connectivity index (χ1v) is 8.08. The highest BCUT2D eigenvalue weighted by Crippen LogP contribution is 2.39. The molecular weight excluding hydrogens is 270 g/mol. The third-order valence-electron chi connectivity index (χ3n) is 4.87. The van der Waals surface area contributed by atoms with Crippen molar-refractivity contribution in [3.05, 3.63) is 0 Å². The number of carboxylic acids is 1. The van der Waals surface area contributed by atoms with Gasteiger partial charge in [0.15, 0.2) is 0 Å². The van der Waals surface area contributed by atoms with Crippen molar-refractivity contribution in [2.45, 2.75) is 39.0 Å². The minimum Gasteiger partial charge on any atom is -0.481 e. The van der Waals surface area contributed by atoms with E-state index in [0.717, 1.165) is 18.9 Å². The van der Waals surface area contributed by atoms with Gasteiger partial charge in [-0.2, -0.15) is 0 Å². The van der Waals surface area contributed by atoms with E-state index in [1.165, 1.54) is 12.8 Å². The second-order valence-corrected chi connectivity index (χ2v) is 6.57. The molecule has 5 heteroatoms. The lowest BCUT2D eigenvalue weighted by atomic mass is 9.95. The van der Waals surface area contributed by atoms with Crippen LogP contribution < -0.4 is 0 Å². The van der Waals surface area contributed by atoms with Crippen LogP contribution in [-0.2, 0) is 14.3 Å². The highest BCUT2D eigenvalue weighted by molar-refractivity contribution is 5.85. The van der Waals surface area contributed by atoms with Gasteiger partial charge < -0.3 is 14.7 Å². The second-order valence-electron chi connectivity index (χ2n) is 6.57. The summed E-state index contributed by atoms with van der Waals surface area (Å²) in [6.07, 6.45) is 4.81. The normalized spacial score (nSPS) is 28.6. The van der Waals surface area contributed by atoms with Crippen LogP contribution in [0, 0.1) is 23.7 Å². The molecule has 2 aliphatic rings. The Morgan fingerprint density at radius 3 is 2.43 bits per heavy atom. The van der Waals surface area contributed by atoms with Gasteiger partial charge in [0.25, 0.3) is 0 Å². The fourth-order valence-corrected chi connectivity index (χ4v) is 3.15. The summed E-state index contributed by atoms with van der Waals surface area (Å²) >= 11 is 0. The molecule has 0 heterocycles. The number of carboxylic acid groups (broad SMARTS) is 1. The van der Waals surface area contributed by atoms with Crippen molar-refractivity contribution in [1.82, 2.24) is 4.90 Å². The molecule has 2 saturated carbocycles. The van der Waals surface area contributed by atoms with E-state index in [1.54, 1.807) is 11.9 Å². The number of hydrogen-bond acceptors (Lipinski definition) is 3. The van der Waals surface area contributed by atoms with Crippen LogP contribution in [0.4, 0.5) is 0 Å². The Balaban J connectivity index is 1.79. The number of hydrogen-bond donors (Lipinski definition) is 1. The predicted octanol–water partition coefficient (Wildman–Crippen LogP) is 2.01. The summed E-state index contributed by atoms with van der Waals surface area (Å²) < 4.78 is 5.55. The average Bonchev–Trinajstić information content (AvgIpc) is 3.18. The monoisotopic (exact) mass is 297 g/mol. The zero-order valence-corrected chi connectivity index (χ0v) is 13.1. The Bertz CT molecular complexity index is 380. The molecule has 120 valence electrons. The van der Waals surface area contributed by atoms with Crippen LogP contribution in [0.25, 0.3) is 0 Å². The average molecular weight is 297 g/mol. The van der Waals surface area contributed by atoms with Crippen LogP contribution in [0.2, 0.25) is 0 Å². The summed E-state index contributed by atoms with van der Waals surface area (Å²) in [5.74, 6) is -0.656. The molecule has 1 N–H and O–H groups in total.